The third-order valence-electron chi connectivity index (χ3n) is 4.33. The van der Waals surface area contributed by atoms with Gasteiger partial charge < -0.3 is 4.74 Å². The molecule has 0 bridgehead atoms. The lowest BCUT2D eigenvalue weighted by molar-refractivity contribution is -0.113. The molecule has 0 radical (unpaired) electrons. The monoisotopic (exact) mass is 414 g/mol. The van der Waals surface area contributed by atoms with Gasteiger partial charge in [0.25, 0.3) is 5.91 Å². The zero-order chi connectivity index (χ0) is 20.1. The normalized spacial score (nSPS) is 15.3. The molecule has 0 atom stereocenters. The van der Waals surface area contributed by atoms with E-state index in [1.165, 1.54) is 5.56 Å². The van der Waals surface area contributed by atoms with Crippen molar-refractivity contribution in [1.29, 1.82) is 0 Å². The molecule has 1 aliphatic rings. The number of thioether (sulfide) groups is 1. The van der Waals surface area contributed by atoms with Gasteiger partial charge in [0.1, 0.15) is 11.4 Å². The summed E-state index contributed by atoms with van der Waals surface area (Å²) < 4.78 is 5.22. The maximum atomic E-state index is 13.1. The number of hydrogen-bond donors (Lipinski definition) is 0. The zero-order valence-electron chi connectivity index (χ0n) is 16.2. The van der Waals surface area contributed by atoms with E-state index >= 15 is 0 Å². The summed E-state index contributed by atoms with van der Waals surface area (Å²) in [6.07, 6.45) is 3.98. The first-order valence-electron chi connectivity index (χ1n) is 9.21. The highest BCUT2D eigenvalue weighted by Crippen LogP contribution is 2.34. The Morgan fingerprint density at radius 3 is 2.61 bits per heavy atom. The van der Waals surface area contributed by atoms with E-state index in [1.54, 1.807) is 35.9 Å². The van der Waals surface area contributed by atoms with Crippen LogP contribution in [0.25, 0.3) is 6.08 Å². The number of methoxy groups -OCH3 is 1. The molecular formula is C22H23ClN2O2S. The molecule has 0 saturated heterocycles. The molecule has 2 aromatic rings. The van der Waals surface area contributed by atoms with Crippen LogP contribution in [0, 0.1) is 6.92 Å². The molecule has 28 heavy (non-hydrogen) atoms. The van der Waals surface area contributed by atoms with Gasteiger partial charge in [0, 0.05) is 5.75 Å². The van der Waals surface area contributed by atoms with Crippen LogP contribution in [0.15, 0.2) is 53.2 Å². The van der Waals surface area contributed by atoms with Crippen LogP contribution in [-0.4, -0.2) is 23.9 Å². The molecule has 0 aromatic heterocycles. The summed E-state index contributed by atoms with van der Waals surface area (Å²) in [5.74, 6) is 1.33. The summed E-state index contributed by atoms with van der Waals surface area (Å²) in [6, 6.07) is 13.3. The molecule has 1 amide bonds. The van der Waals surface area contributed by atoms with E-state index in [9.17, 15) is 4.79 Å². The molecule has 0 spiro atoms. The van der Waals surface area contributed by atoms with Gasteiger partial charge in [0.05, 0.1) is 17.8 Å². The first-order valence-corrected chi connectivity index (χ1v) is 10.6. The first kappa shape index (κ1) is 20.5. The number of hydrogen-bond acceptors (Lipinski definition) is 4. The number of anilines is 1. The van der Waals surface area contributed by atoms with Gasteiger partial charge in [0.15, 0.2) is 5.17 Å². The van der Waals surface area contributed by atoms with E-state index in [1.807, 2.05) is 43.3 Å². The number of rotatable bonds is 6. The zero-order valence-corrected chi connectivity index (χ0v) is 17.8. The predicted molar refractivity (Wildman–Crippen MR) is 119 cm³/mol. The summed E-state index contributed by atoms with van der Waals surface area (Å²) in [5.41, 5.74) is 3.24. The van der Waals surface area contributed by atoms with Crippen LogP contribution in [0.4, 0.5) is 5.69 Å². The number of ether oxygens (including phenoxy) is 1. The predicted octanol–water partition coefficient (Wildman–Crippen LogP) is 5.93. The van der Waals surface area contributed by atoms with Gasteiger partial charge >= 0.3 is 0 Å². The van der Waals surface area contributed by atoms with Crippen LogP contribution in [-0.2, 0) is 4.79 Å². The number of carbonyl (C=O) groups is 1. The highest BCUT2D eigenvalue weighted by molar-refractivity contribution is 8.14. The molecule has 0 unspecified atom stereocenters. The summed E-state index contributed by atoms with van der Waals surface area (Å²) in [6.45, 7) is 4.18. The molecule has 0 aliphatic carbocycles. The number of carbonyl (C=O) groups excluding carboxylic acids is 1. The van der Waals surface area contributed by atoms with E-state index < -0.39 is 0 Å². The van der Waals surface area contributed by atoms with Gasteiger partial charge in [-0.1, -0.05) is 66.5 Å². The number of unbranched alkanes of at least 4 members (excludes halogenated alkanes) is 1. The molecule has 1 aliphatic heterocycles. The Kier molecular flexibility index (Phi) is 6.81. The number of amides is 1. The van der Waals surface area contributed by atoms with Crippen molar-refractivity contribution in [3.8, 4) is 5.75 Å². The second kappa shape index (κ2) is 9.30. The maximum Gasteiger partial charge on any atom is 0.283 e. The maximum absolute atomic E-state index is 13.1. The van der Waals surface area contributed by atoms with Crippen molar-refractivity contribution in [3.05, 3.63) is 64.3 Å². The Balaban J connectivity index is 1.95. The van der Waals surface area contributed by atoms with Gasteiger partial charge in [-0.2, -0.15) is 0 Å². The van der Waals surface area contributed by atoms with Crippen LogP contribution >= 0.6 is 23.4 Å². The molecule has 2 aromatic carbocycles. The number of nitrogens with zero attached hydrogens (tertiary/aromatic N) is 2. The van der Waals surface area contributed by atoms with Crippen LogP contribution in [0.1, 0.15) is 30.9 Å². The van der Waals surface area contributed by atoms with E-state index in [2.05, 4.69) is 11.9 Å². The average molecular weight is 415 g/mol. The van der Waals surface area contributed by atoms with Crippen LogP contribution in [0.5, 0.6) is 5.75 Å². The SMILES string of the molecule is CCCCSC1=NC(=Cc2ccc(C)cc2)C(=O)N1c1ccc(OC)c(Cl)c1. The van der Waals surface area contributed by atoms with Gasteiger partial charge in [-0.05, 0) is 43.2 Å². The van der Waals surface area contributed by atoms with Crippen molar-refractivity contribution in [3.63, 3.8) is 0 Å². The van der Waals surface area contributed by atoms with Crippen molar-refractivity contribution in [1.82, 2.24) is 0 Å². The summed E-state index contributed by atoms with van der Waals surface area (Å²) in [7, 11) is 1.57. The molecule has 0 saturated carbocycles. The van der Waals surface area contributed by atoms with Gasteiger partial charge in [-0.25, -0.2) is 4.99 Å². The molecule has 3 rings (SSSR count). The van der Waals surface area contributed by atoms with Crippen molar-refractivity contribution in [2.24, 2.45) is 4.99 Å². The topological polar surface area (TPSA) is 41.9 Å². The van der Waals surface area contributed by atoms with E-state index in [0.717, 1.165) is 24.2 Å². The lowest BCUT2D eigenvalue weighted by atomic mass is 10.1. The summed E-state index contributed by atoms with van der Waals surface area (Å²) in [4.78, 5) is 19.4. The second-order valence-corrected chi connectivity index (χ2v) is 7.97. The highest BCUT2D eigenvalue weighted by Gasteiger charge is 2.32. The smallest absolute Gasteiger partial charge is 0.283 e. The van der Waals surface area contributed by atoms with E-state index in [-0.39, 0.29) is 5.91 Å². The number of aliphatic imine (C=N–C) groups is 1. The minimum Gasteiger partial charge on any atom is -0.495 e. The number of benzene rings is 2. The van der Waals surface area contributed by atoms with Crippen LogP contribution in [0.2, 0.25) is 5.02 Å². The molecule has 4 nitrogen and oxygen atoms in total. The third-order valence-corrected chi connectivity index (χ3v) is 5.65. The third kappa shape index (κ3) is 4.59. The fourth-order valence-electron chi connectivity index (χ4n) is 2.74. The second-order valence-electron chi connectivity index (χ2n) is 6.50. The van der Waals surface area contributed by atoms with Gasteiger partial charge in [-0.3, -0.25) is 9.69 Å². The largest absolute Gasteiger partial charge is 0.495 e. The fourth-order valence-corrected chi connectivity index (χ4v) is 4.09. The molecule has 146 valence electrons. The lowest BCUT2D eigenvalue weighted by Gasteiger charge is -2.18. The highest BCUT2D eigenvalue weighted by atomic mass is 35.5. The van der Waals surface area contributed by atoms with E-state index in [4.69, 9.17) is 16.3 Å². The molecule has 6 heteroatoms. The molecular weight excluding hydrogens is 392 g/mol. The van der Waals surface area contributed by atoms with Gasteiger partial charge in [-0.15, -0.1) is 0 Å². The fraction of sp³-hybridized carbons (Fsp3) is 0.273. The summed E-state index contributed by atoms with van der Waals surface area (Å²) in [5, 5.41) is 1.14. The summed E-state index contributed by atoms with van der Waals surface area (Å²) >= 11 is 7.87. The van der Waals surface area contributed by atoms with Crippen LogP contribution < -0.4 is 9.64 Å². The Labute approximate surface area is 175 Å². The van der Waals surface area contributed by atoms with E-state index in [0.29, 0.717) is 27.3 Å². The standard InChI is InChI=1S/C22H23ClN2O2S/c1-4-5-12-28-22-24-19(13-16-8-6-15(2)7-9-16)21(26)25(22)17-10-11-20(27-3)18(23)14-17/h6-11,13-14H,4-5,12H2,1-3H3. The Hall–Kier alpha value is -2.24. The van der Waals surface area contributed by atoms with Crippen molar-refractivity contribution in [2.45, 2.75) is 26.7 Å². The minimum atomic E-state index is -0.152. The van der Waals surface area contributed by atoms with Crippen molar-refractivity contribution >= 4 is 46.2 Å². The molecule has 0 N–H and O–H groups in total. The Morgan fingerprint density at radius 1 is 1.21 bits per heavy atom. The van der Waals surface area contributed by atoms with Crippen molar-refractivity contribution in [2.75, 3.05) is 17.8 Å². The Bertz CT molecular complexity index is 923. The lowest BCUT2D eigenvalue weighted by Crippen LogP contribution is -2.30. The number of halogens is 1. The number of amidine groups is 1. The van der Waals surface area contributed by atoms with Crippen LogP contribution in [0.3, 0.4) is 0 Å². The van der Waals surface area contributed by atoms with Gasteiger partial charge in [0.2, 0.25) is 0 Å². The molecule has 0 fully saturated rings. The van der Waals surface area contributed by atoms with Crippen molar-refractivity contribution < 1.29 is 9.53 Å². The quantitative estimate of drug-likeness (QED) is 0.434. The minimum absolute atomic E-state index is 0.152. The molecule has 1 heterocycles. The number of aryl methyl sites for hydroxylation is 1. The first-order chi connectivity index (χ1) is 13.5. The Morgan fingerprint density at radius 2 is 1.96 bits per heavy atom. The average Bonchev–Trinajstić information content (AvgIpc) is 2.99.